The molecule has 1 aromatic rings. The summed E-state index contributed by atoms with van der Waals surface area (Å²) in [5.41, 5.74) is 0. The van der Waals surface area contributed by atoms with Crippen molar-refractivity contribution in [1.29, 1.82) is 0 Å². The minimum absolute atomic E-state index is 0.190. The Balaban J connectivity index is 1.87. The van der Waals surface area contributed by atoms with Crippen LogP contribution in [0.1, 0.15) is 32.6 Å². The minimum atomic E-state index is -0.380. The molecule has 0 bridgehead atoms. The van der Waals surface area contributed by atoms with Crippen molar-refractivity contribution in [2.45, 2.75) is 38.7 Å². The van der Waals surface area contributed by atoms with Gasteiger partial charge in [-0.05, 0) is 31.0 Å². The third-order valence-corrected chi connectivity index (χ3v) is 3.51. The summed E-state index contributed by atoms with van der Waals surface area (Å²) < 4.78 is 5.59. The van der Waals surface area contributed by atoms with Crippen LogP contribution in [-0.2, 0) is 4.79 Å². The SMILES string of the molecule is CC(Oc1cccc(Cl)c1)C(=O)CC1CCC1. The molecule has 1 aliphatic carbocycles. The Bertz CT molecular complexity index is 399. The van der Waals surface area contributed by atoms with Gasteiger partial charge in [-0.25, -0.2) is 0 Å². The van der Waals surface area contributed by atoms with Crippen LogP contribution in [0.15, 0.2) is 24.3 Å². The van der Waals surface area contributed by atoms with Crippen LogP contribution in [0.2, 0.25) is 5.02 Å². The summed E-state index contributed by atoms with van der Waals surface area (Å²) in [6, 6.07) is 7.16. The lowest BCUT2D eigenvalue weighted by Crippen LogP contribution is -2.27. The average Bonchev–Trinajstić information content (AvgIpc) is 2.23. The molecular formula is C14H17ClO2. The number of carbonyl (C=O) groups excluding carboxylic acids is 1. The monoisotopic (exact) mass is 252 g/mol. The van der Waals surface area contributed by atoms with Gasteiger partial charge in [0, 0.05) is 11.4 Å². The molecule has 3 heteroatoms. The van der Waals surface area contributed by atoms with Gasteiger partial charge < -0.3 is 4.74 Å². The second-order valence-electron chi connectivity index (χ2n) is 4.68. The molecule has 0 aromatic heterocycles. The third kappa shape index (κ3) is 3.47. The first-order chi connectivity index (χ1) is 8.15. The van der Waals surface area contributed by atoms with E-state index < -0.39 is 0 Å². The van der Waals surface area contributed by atoms with Crippen molar-refractivity contribution < 1.29 is 9.53 Å². The quantitative estimate of drug-likeness (QED) is 0.795. The van der Waals surface area contributed by atoms with Crippen molar-refractivity contribution in [1.82, 2.24) is 0 Å². The van der Waals surface area contributed by atoms with E-state index in [2.05, 4.69) is 0 Å². The fraction of sp³-hybridized carbons (Fsp3) is 0.500. The second kappa shape index (κ2) is 5.54. The van der Waals surface area contributed by atoms with Crippen LogP contribution in [0.4, 0.5) is 0 Å². The maximum atomic E-state index is 11.9. The summed E-state index contributed by atoms with van der Waals surface area (Å²) in [6.45, 7) is 1.81. The van der Waals surface area contributed by atoms with E-state index in [0.29, 0.717) is 23.1 Å². The van der Waals surface area contributed by atoms with Crippen LogP contribution < -0.4 is 4.74 Å². The predicted molar refractivity (Wildman–Crippen MR) is 68.5 cm³/mol. The van der Waals surface area contributed by atoms with Crippen LogP contribution in [-0.4, -0.2) is 11.9 Å². The number of hydrogen-bond acceptors (Lipinski definition) is 2. The summed E-state index contributed by atoms with van der Waals surface area (Å²) in [7, 11) is 0. The molecule has 0 saturated heterocycles. The highest BCUT2D eigenvalue weighted by atomic mass is 35.5. The maximum Gasteiger partial charge on any atom is 0.173 e. The number of rotatable bonds is 5. The molecule has 2 rings (SSSR count). The Hall–Kier alpha value is -1.02. The van der Waals surface area contributed by atoms with E-state index in [0.717, 1.165) is 0 Å². The zero-order chi connectivity index (χ0) is 12.3. The van der Waals surface area contributed by atoms with Crippen LogP contribution in [0.25, 0.3) is 0 Å². The molecule has 0 aliphatic heterocycles. The fourth-order valence-corrected chi connectivity index (χ4v) is 2.14. The minimum Gasteiger partial charge on any atom is -0.483 e. The number of ether oxygens (including phenoxy) is 1. The van der Waals surface area contributed by atoms with E-state index in [4.69, 9.17) is 16.3 Å². The van der Waals surface area contributed by atoms with Crippen LogP contribution >= 0.6 is 11.6 Å². The van der Waals surface area contributed by atoms with E-state index in [1.54, 1.807) is 12.1 Å². The van der Waals surface area contributed by atoms with Crippen LogP contribution in [0.5, 0.6) is 5.75 Å². The predicted octanol–water partition coefficient (Wildman–Crippen LogP) is 3.87. The molecule has 1 fully saturated rings. The topological polar surface area (TPSA) is 26.3 Å². The molecule has 2 nitrogen and oxygen atoms in total. The van der Waals surface area contributed by atoms with E-state index in [9.17, 15) is 4.79 Å². The normalized spacial score (nSPS) is 17.3. The number of Topliss-reactive ketones (excluding diaryl/α,β-unsaturated/α-hetero) is 1. The highest BCUT2D eigenvalue weighted by Crippen LogP contribution is 2.30. The molecule has 17 heavy (non-hydrogen) atoms. The lowest BCUT2D eigenvalue weighted by Gasteiger charge is -2.25. The van der Waals surface area contributed by atoms with E-state index >= 15 is 0 Å². The summed E-state index contributed by atoms with van der Waals surface area (Å²) in [5.74, 6) is 1.44. The van der Waals surface area contributed by atoms with Crippen LogP contribution in [0.3, 0.4) is 0 Å². The molecular weight excluding hydrogens is 236 g/mol. The maximum absolute atomic E-state index is 11.9. The standard InChI is InChI=1S/C14H17ClO2/c1-10(14(16)8-11-4-2-5-11)17-13-7-3-6-12(15)9-13/h3,6-7,9-11H,2,4-5,8H2,1H3. The van der Waals surface area contributed by atoms with Gasteiger partial charge in [0.05, 0.1) is 0 Å². The summed E-state index contributed by atoms with van der Waals surface area (Å²) in [6.07, 6.45) is 3.92. The van der Waals surface area contributed by atoms with Crippen molar-refractivity contribution in [2.24, 2.45) is 5.92 Å². The lowest BCUT2D eigenvalue weighted by molar-refractivity contribution is -0.126. The molecule has 1 aliphatic rings. The van der Waals surface area contributed by atoms with Crippen molar-refractivity contribution in [2.75, 3.05) is 0 Å². The van der Waals surface area contributed by atoms with Gasteiger partial charge in [0.15, 0.2) is 11.9 Å². The number of hydrogen-bond donors (Lipinski definition) is 0. The Morgan fingerprint density at radius 1 is 1.53 bits per heavy atom. The highest BCUT2D eigenvalue weighted by Gasteiger charge is 2.24. The first-order valence-electron chi connectivity index (χ1n) is 6.10. The van der Waals surface area contributed by atoms with Crippen molar-refractivity contribution >= 4 is 17.4 Å². The Morgan fingerprint density at radius 2 is 2.29 bits per heavy atom. The van der Waals surface area contributed by atoms with Crippen molar-refractivity contribution in [3.8, 4) is 5.75 Å². The highest BCUT2D eigenvalue weighted by molar-refractivity contribution is 6.30. The Kier molecular flexibility index (Phi) is 4.06. The van der Waals surface area contributed by atoms with E-state index in [1.807, 2.05) is 19.1 Å². The van der Waals surface area contributed by atoms with Gasteiger partial charge in [0.2, 0.25) is 0 Å². The molecule has 1 unspecified atom stereocenters. The molecule has 0 spiro atoms. The average molecular weight is 253 g/mol. The first-order valence-corrected chi connectivity index (χ1v) is 6.48. The summed E-state index contributed by atoms with van der Waals surface area (Å²) in [4.78, 5) is 11.9. The van der Waals surface area contributed by atoms with Gasteiger partial charge in [0.1, 0.15) is 5.75 Å². The lowest BCUT2D eigenvalue weighted by atomic mass is 9.81. The van der Waals surface area contributed by atoms with Crippen molar-refractivity contribution in [3.63, 3.8) is 0 Å². The molecule has 1 saturated carbocycles. The van der Waals surface area contributed by atoms with Gasteiger partial charge in [-0.15, -0.1) is 0 Å². The van der Waals surface area contributed by atoms with Gasteiger partial charge in [0.25, 0.3) is 0 Å². The van der Waals surface area contributed by atoms with E-state index in [1.165, 1.54) is 19.3 Å². The van der Waals surface area contributed by atoms with Gasteiger partial charge in [-0.3, -0.25) is 4.79 Å². The zero-order valence-corrected chi connectivity index (χ0v) is 10.7. The molecule has 1 atom stereocenters. The van der Waals surface area contributed by atoms with Gasteiger partial charge >= 0.3 is 0 Å². The van der Waals surface area contributed by atoms with Gasteiger partial charge in [-0.1, -0.05) is 36.9 Å². The fourth-order valence-electron chi connectivity index (χ4n) is 1.96. The summed E-state index contributed by atoms with van der Waals surface area (Å²) in [5, 5.41) is 0.626. The summed E-state index contributed by atoms with van der Waals surface area (Å²) >= 11 is 5.86. The molecule has 0 amide bonds. The molecule has 0 radical (unpaired) electrons. The molecule has 1 aromatic carbocycles. The number of ketones is 1. The second-order valence-corrected chi connectivity index (χ2v) is 5.12. The number of halogens is 1. The third-order valence-electron chi connectivity index (χ3n) is 3.28. The molecule has 92 valence electrons. The molecule has 0 heterocycles. The van der Waals surface area contributed by atoms with Crippen molar-refractivity contribution in [3.05, 3.63) is 29.3 Å². The number of benzene rings is 1. The van der Waals surface area contributed by atoms with Gasteiger partial charge in [-0.2, -0.15) is 0 Å². The Morgan fingerprint density at radius 3 is 2.88 bits per heavy atom. The smallest absolute Gasteiger partial charge is 0.173 e. The largest absolute Gasteiger partial charge is 0.483 e. The van der Waals surface area contributed by atoms with Crippen LogP contribution in [0, 0.1) is 5.92 Å². The zero-order valence-electron chi connectivity index (χ0n) is 9.99. The Labute approximate surface area is 107 Å². The number of carbonyl (C=O) groups is 1. The molecule has 0 N–H and O–H groups in total. The van der Waals surface area contributed by atoms with E-state index in [-0.39, 0.29) is 11.9 Å². The first kappa shape index (κ1) is 12.4.